The van der Waals surface area contributed by atoms with Crippen molar-refractivity contribution in [2.75, 3.05) is 0 Å². The van der Waals surface area contributed by atoms with Crippen molar-refractivity contribution in [3.05, 3.63) is 99.4 Å². The molecule has 1 fully saturated rings. The number of nitrogens with zero attached hydrogens (tertiary/aromatic N) is 2. The summed E-state index contributed by atoms with van der Waals surface area (Å²) in [6, 6.07) is 7.30. The summed E-state index contributed by atoms with van der Waals surface area (Å²) in [5.41, 5.74) is 0.0850. The first kappa shape index (κ1) is 24.3. The smallest absolute Gasteiger partial charge is 0.262 e. The molecule has 1 saturated carbocycles. The lowest BCUT2D eigenvalue weighted by Crippen LogP contribution is -2.31. The average Bonchev–Trinajstić information content (AvgIpc) is 3.29. The van der Waals surface area contributed by atoms with E-state index in [2.05, 4.69) is 10.3 Å². The van der Waals surface area contributed by atoms with Gasteiger partial charge in [0, 0.05) is 17.6 Å². The van der Waals surface area contributed by atoms with Crippen LogP contribution in [0.4, 0.5) is 13.2 Å². The van der Waals surface area contributed by atoms with Crippen molar-refractivity contribution in [1.82, 2.24) is 14.9 Å². The van der Waals surface area contributed by atoms with Crippen LogP contribution in [0.25, 0.3) is 10.8 Å². The molecule has 0 radical (unpaired) electrons. The molecule has 0 aliphatic heterocycles. The van der Waals surface area contributed by atoms with Gasteiger partial charge in [-0.25, -0.2) is 18.2 Å². The Hall–Kier alpha value is -3.88. The Kier molecular flexibility index (Phi) is 7.33. The summed E-state index contributed by atoms with van der Waals surface area (Å²) < 4.78 is 47.5. The zero-order valence-electron chi connectivity index (χ0n) is 19.1. The second-order valence-electron chi connectivity index (χ2n) is 8.29. The maximum atomic E-state index is 14.6. The third-order valence-electron chi connectivity index (χ3n) is 5.95. The number of fused-ring (bicyclic) bond motifs is 1. The Morgan fingerprint density at radius 3 is 2.43 bits per heavy atom. The molecule has 0 unspecified atom stereocenters. The van der Waals surface area contributed by atoms with Gasteiger partial charge < -0.3 is 14.3 Å². The van der Waals surface area contributed by atoms with Crippen LogP contribution in [0, 0.1) is 24.4 Å². The summed E-state index contributed by atoms with van der Waals surface area (Å²) in [6.07, 6.45) is 8.75. The monoisotopic (exact) mass is 483 g/mol. The lowest BCUT2D eigenvalue weighted by molar-refractivity contribution is 0.0951. The standard InChI is InChI=1S/C22H16F3N3O3.C4H8/c1-12-19(21(29)27-10-13-5-6-15(23)17(25)9-13)14-3-2-4-16(24)20(14)22(30)28(12)11-18-26-7-8-31-18;1-2-4-3-1/h2-9H,10-11H2,1H3,(H,27,29);1-4H2. The minimum Gasteiger partial charge on any atom is -0.447 e. The van der Waals surface area contributed by atoms with Crippen LogP contribution in [0.1, 0.15) is 53.2 Å². The molecule has 0 saturated heterocycles. The van der Waals surface area contributed by atoms with Crippen LogP contribution in [0.15, 0.2) is 58.1 Å². The minimum atomic E-state index is -1.03. The lowest BCUT2D eigenvalue weighted by atomic mass is 10.0. The van der Waals surface area contributed by atoms with Crippen LogP contribution < -0.4 is 10.9 Å². The topological polar surface area (TPSA) is 77.1 Å². The summed E-state index contributed by atoms with van der Waals surface area (Å²) in [5, 5.41) is 2.52. The molecule has 2 aromatic carbocycles. The van der Waals surface area contributed by atoms with Gasteiger partial charge in [-0.05, 0) is 30.7 Å². The number of pyridine rings is 1. The van der Waals surface area contributed by atoms with Gasteiger partial charge in [0.25, 0.3) is 11.5 Å². The molecule has 0 spiro atoms. The molecule has 182 valence electrons. The number of carbonyl (C=O) groups excluding carboxylic acids is 1. The highest BCUT2D eigenvalue weighted by atomic mass is 19.2. The quantitative estimate of drug-likeness (QED) is 0.421. The molecule has 1 amide bonds. The first-order chi connectivity index (χ1) is 16.9. The van der Waals surface area contributed by atoms with E-state index in [1.165, 1.54) is 60.9 Å². The summed E-state index contributed by atoms with van der Waals surface area (Å²) in [5.74, 6) is -3.17. The van der Waals surface area contributed by atoms with Gasteiger partial charge in [0.15, 0.2) is 11.6 Å². The van der Waals surface area contributed by atoms with E-state index in [1.807, 2.05) is 0 Å². The van der Waals surface area contributed by atoms with Crippen LogP contribution in [0.2, 0.25) is 0 Å². The Labute approximate surface area is 199 Å². The van der Waals surface area contributed by atoms with Crippen molar-refractivity contribution in [2.24, 2.45) is 0 Å². The number of rotatable bonds is 5. The van der Waals surface area contributed by atoms with Gasteiger partial charge in [-0.3, -0.25) is 9.59 Å². The van der Waals surface area contributed by atoms with E-state index in [0.717, 1.165) is 18.2 Å². The molecule has 2 heterocycles. The van der Waals surface area contributed by atoms with Gasteiger partial charge in [-0.2, -0.15) is 0 Å². The first-order valence-corrected chi connectivity index (χ1v) is 11.3. The van der Waals surface area contributed by atoms with Crippen LogP contribution in [0.5, 0.6) is 0 Å². The van der Waals surface area contributed by atoms with E-state index in [-0.39, 0.29) is 41.0 Å². The molecule has 0 atom stereocenters. The zero-order valence-corrected chi connectivity index (χ0v) is 19.1. The number of amides is 1. The highest BCUT2D eigenvalue weighted by Crippen LogP contribution is 2.23. The summed E-state index contributed by atoms with van der Waals surface area (Å²) in [4.78, 5) is 30.0. The Morgan fingerprint density at radius 2 is 1.80 bits per heavy atom. The second-order valence-corrected chi connectivity index (χ2v) is 8.29. The van der Waals surface area contributed by atoms with E-state index in [0.29, 0.717) is 5.56 Å². The van der Waals surface area contributed by atoms with Gasteiger partial charge in [-0.15, -0.1) is 0 Å². The Balaban J connectivity index is 0.000000656. The van der Waals surface area contributed by atoms with Gasteiger partial charge in [-0.1, -0.05) is 43.9 Å². The summed E-state index contributed by atoms with van der Waals surface area (Å²) >= 11 is 0. The number of oxazole rings is 1. The molecule has 35 heavy (non-hydrogen) atoms. The van der Waals surface area contributed by atoms with E-state index in [1.54, 1.807) is 6.92 Å². The Bertz CT molecular complexity index is 1410. The normalized spacial score (nSPS) is 12.6. The average molecular weight is 483 g/mol. The molecule has 1 aliphatic carbocycles. The highest BCUT2D eigenvalue weighted by Gasteiger charge is 2.22. The van der Waals surface area contributed by atoms with E-state index in [4.69, 9.17) is 4.42 Å². The third-order valence-corrected chi connectivity index (χ3v) is 5.95. The van der Waals surface area contributed by atoms with Crippen molar-refractivity contribution >= 4 is 16.7 Å². The molecule has 6 nitrogen and oxygen atoms in total. The van der Waals surface area contributed by atoms with E-state index in [9.17, 15) is 22.8 Å². The molecule has 0 bridgehead atoms. The fourth-order valence-corrected chi connectivity index (χ4v) is 3.68. The van der Waals surface area contributed by atoms with Crippen molar-refractivity contribution in [2.45, 2.75) is 45.7 Å². The molecule has 1 N–H and O–H groups in total. The van der Waals surface area contributed by atoms with Crippen LogP contribution in [0.3, 0.4) is 0 Å². The fourth-order valence-electron chi connectivity index (χ4n) is 3.68. The molecular weight excluding hydrogens is 459 g/mol. The van der Waals surface area contributed by atoms with E-state index >= 15 is 0 Å². The van der Waals surface area contributed by atoms with Crippen LogP contribution in [-0.4, -0.2) is 15.5 Å². The SMILES string of the molecule is C1CCC1.Cc1c(C(=O)NCc2ccc(F)c(F)c2)c2cccc(F)c2c(=O)n1Cc1ncco1. The number of hydrogen-bond donors (Lipinski definition) is 1. The van der Waals surface area contributed by atoms with Crippen molar-refractivity contribution < 1.29 is 22.4 Å². The number of carbonyl (C=O) groups is 1. The zero-order chi connectivity index (χ0) is 24.9. The maximum Gasteiger partial charge on any atom is 0.262 e. The molecule has 9 heteroatoms. The largest absolute Gasteiger partial charge is 0.447 e. The molecule has 1 aliphatic rings. The summed E-state index contributed by atoms with van der Waals surface area (Å²) in [6.45, 7) is 1.37. The molecular formula is C26H24F3N3O3. The van der Waals surface area contributed by atoms with Crippen LogP contribution in [-0.2, 0) is 13.1 Å². The summed E-state index contributed by atoms with van der Waals surface area (Å²) in [7, 11) is 0. The van der Waals surface area contributed by atoms with Crippen molar-refractivity contribution in [3.63, 3.8) is 0 Å². The third kappa shape index (κ3) is 5.29. The van der Waals surface area contributed by atoms with Crippen molar-refractivity contribution in [3.8, 4) is 0 Å². The number of hydrogen-bond acceptors (Lipinski definition) is 4. The fraction of sp³-hybridized carbons (Fsp3) is 0.269. The minimum absolute atomic E-state index is 0.0863. The number of benzene rings is 2. The maximum absolute atomic E-state index is 14.6. The predicted molar refractivity (Wildman–Crippen MR) is 125 cm³/mol. The van der Waals surface area contributed by atoms with Gasteiger partial charge in [0.05, 0.1) is 17.1 Å². The second kappa shape index (κ2) is 10.6. The lowest BCUT2D eigenvalue weighted by Gasteiger charge is -2.16. The van der Waals surface area contributed by atoms with E-state index < -0.39 is 28.9 Å². The van der Waals surface area contributed by atoms with Crippen LogP contribution >= 0.6 is 0 Å². The number of aromatic nitrogens is 2. The van der Waals surface area contributed by atoms with Gasteiger partial charge in [0.1, 0.15) is 18.6 Å². The molecule has 4 aromatic rings. The molecule has 2 aromatic heterocycles. The van der Waals surface area contributed by atoms with Crippen molar-refractivity contribution in [1.29, 1.82) is 0 Å². The van der Waals surface area contributed by atoms with Gasteiger partial charge in [0.2, 0.25) is 5.89 Å². The van der Waals surface area contributed by atoms with Gasteiger partial charge >= 0.3 is 0 Å². The molecule has 5 rings (SSSR count). The predicted octanol–water partition coefficient (Wildman–Crippen LogP) is 5.25. The Morgan fingerprint density at radius 1 is 1.06 bits per heavy atom. The number of nitrogens with one attached hydrogen (secondary N) is 1. The first-order valence-electron chi connectivity index (χ1n) is 11.3. The number of halogens is 3. The highest BCUT2D eigenvalue weighted by molar-refractivity contribution is 6.07.